The molecule has 0 spiro atoms. The van der Waals surface area contributed by atoms with Crippen molar-refractivity contribution >= 4 is 23.7 Å². The van der Waals surface area contributed by atoms with Gasteiger partial charge in [0.15, 0.2) is 0 Å². The van der Waals surface area contributed by atoms with Crippen molar-refractivity contribution in [1.82, 2.24) is 4.90 Å². The van der Waals surface area contributed by atoms with Crippen molar-refractivity contribution < 1.29 is 19.4 Å². The second kappa shape index (κ2) is 7.75. The topological polar surface area (TPSA) is 66.8 Å². The van der Waals surface area contributed by atoms with E-state index in [0.717, 1.165) is 27.8 Å². The molecular weight excluding hydrogens is 414 g/mol. The second-order valence-electron chi connectivity index (χ2n) is 7.92. The Bertz CT molecular complexity index is 1150. The third-order valence-electron chi connectivity index (χ3n) is 6.14. The molecule has 5 nitrogen and oxygen atoms in total. The van der Waals surface area contributed by atoms with E-state index in [-0.39, 0.29) is 25.6 Å². The Morgan fingerprint density at radius 3 is 2.26 bits per heavy atom. The highest BCUT2D eigenvalue weighted by Crippen LogP contribution is 2.44. The zero-order valence-corrected chi connectivity index (χ0v) is 17.4. The lowest BCUT2D eigenvalue weighted by Crippen LogP contribution is -2.41. The van der Waals surface area contributed by atoms with Crippen LogP contribution < -0.4 is 0 Å². The molecule has 6 heteroatoms. The molecule has 1 aliphatic heterocycles. The maximum atomic E-state index is 12.9. The summed E-state index contributed by atoms with van der Waals surface area (Å²) in [5.41, 5.74) is 6.02. The summed E-state index contributed by atoms with van der Waals surface area (Å²) in [5.74, 6) is -1.82. The summed E-state index contributed by atoms with van der Waals surface area (Å²) in [5, 5.41) is 10.2. The standard InChI is InChI=1S/C25H20ClNO4/c26-16-9-10-17-15(11-16)12-27(13-22(17)24(28)29)25(30)31-14-23-20-7-3-1-5-18(20)19-6-2-4-8-21(19)23/h1-11,22-23H,12-14H2,(H,28,29). The van der Waals surface area contributed by atoms with E-state index in [1.165, 1.54) is 4.90 Å². The van der Waals surface area contributed by atoms with Crippen LogP contribution in [0.4, 0.5) is 4.79 Å². The van der Waals surface area contributed by atoms with Gasteiger partial charge in [-0.3, -0.25) is 4.79 Å². The monoisotopic (exact) mass is 433 g/mol. The van der Waals surface area contributed by atoms with Crippen LogP contribution in [0.2, 0.25) is 5.02 Å². The van der Waals surface area contributed by atoms with E-state index < -0.39 is 18.0 Å². The molecule has 0 fully saturated rings. The minimum Gasteiger partial charge on any atom is -0.481 e. The molecule has 0 aromatic heterocycles. The number of ether oxygens (including phenoxy) is 1. The van der Waals surface area contributed by atoms with Crippen molar-refractivity contribution in [1.29, 1.82) is 0 Å². The van der Waals surface area contributed by atoms with Gasteiger partial charge in [0.25, 0.3) is 0 Å². The molecule has 1 heterocycles. The smallest absolute Gasteiger partial charge is 0.410 e. The quantitative estimate of drug-likeness (QED) is 0.610. The molecule has 1 unspecified atom stereocenters. The number of carboxylic acid groups (broad SMARTS) is 1. The van der Waals surface area contributed by atoms with E-state index in [9.17, 15) is 14.7 Å². The molecule has 3 aromatic carbocycles. The van der Waals surface area contributed by atoms with Crippen molar-refractivity contribution in [2.75, 3.05) is 13.2 Å². The van der Waals surface area contributed by atoms with Crippen LogP contribution in [-0.4, -0.2) is 35.2 Å². The number of carbonyl (C=O) groups excluding carboxylic acids is 1. The number of carboxylic acids is 1. The number of nitrogens with zero attached hydrogens (tertiary/aromatic N) is 1. The fourth-order valence-electron chi connectivity index (χ4n) is 4.68. The number of fused-ring (bicyclic) bond motifs is 4. The Hall–Kier alpha value is -3.31. The van der Waals surface area contributed by atoms with Crippen molar-refractivity contribution in [2.24, 2.45) is 0 Å². The number of aliphatic carboxylic acids is 1. The van der Waals surface area contributed by atoms with Crippen molar-refractivity contribution in [3.63, 3.8) is 0 Å². The van der Waals surface area contributed by atoms with Gasteiger partial charge in [-0.05, 0) is 45.5 Å². The Balaban J connectivity index is 1.36. The van der Waals surface area contributed by atoms with Gasteiger partial charge in [0.2, 0.25) is 0 Å². The van der Waals surface area contributed by atoms with Gasteiger partial charge in [-0.1, -0.05) is 66.2 Å². The molecule has 0 saturated heterocycles. The molecule has 0 saturated carbocycles. The SMILES string of the molecule is O=C(O)C1CN(C(=O)OCC2c3ccccc3-c3ccccc32)Cc2cc(Cl)ccc21. The van der Waals surface area contributed by atoms with Gasteiger partial charge in [-0.25, -0.2) is 4.79 Å². The summed E-state index contributed by atoms with van der Waals surface area (Å²) in [6, 6.07) is 21.4. The molecule has 0 radical (unpaired) electrons. The first kappa shape index (κ1) is 19.6. The Kier molecular flexibility index (Phi) is 4.91. The minimum absolute atomic E-state index is 0.0434. The Morgan fingerprint density at radius 2 is 1.61 bits per heavy atom. The molecule has 1 N–H and O–H groups in total. The lowest BCUT2D eigenvalue weighted by atomic mass is 9.90. The number of hydrogen-bond donors (Lipinski definition) is 1. The average molecular weight is 434 g/mol. The van der Waals surface area contributed by atoms with Crippen LogP contribution in [-0.2, 0) is 16.1 Å². The largest absolute Gasteiger partial charge is 0.481 e. The van der Waals surface area contributed by atoms with E-state index in [4.69, 9.17) is 16.3 Å². The van der Waals surface area contributed by atoms with Gasteiger partial charge in [-0.2, -0.15) is 0 Å². The van der Waals surface area contributed by atoms with Gasteiger partial charge in [0, 0.05) is 24.0 Å². The first-order chi connectivity index (χ1) is 15.0. The van der Waals surface area contributed by atoms with Crippen molar-refractivity contribution in [3.05, 3.63) is 94.0 Å². The normalized spacial score (nSPS) is 16.9. The zero-order chi connectivity index (χ0) is 21.5. The summed E-state index contributed by atoms with van der Waals surface area (Å²) in [6.07, 6.45) is -0.515. The molecule has 2 aliphatic rings. The molecule has 3 aromatic rings. The number of halogens is 1. The molecule has 1 aliphatic carbocycles. The summed E-state index contributed by atoms with van der Waals surface area (Å²) < 4.78 is 5.71. The van der Waals surface area contributed by atoms with Gasteiger partial charge in [0.1, 0.15) is 6.61 Å². The summed E-state index contributed by atoms with van der Waals surface area (Å²) in [7, 11) is 0. The minimum atomic E-state index is -0.972. The summed E-state index contributed by atoms with van der Waals surface area (Å²) in [6.45, 7) is 0.542. The van der Waals surface area contributed by atoms with Gasteiger partial charge in [-0.15, -0.1) is 0 Å². The molecule has 1 atom stereocenters. The maximum Gasteiger partial charge on any atom is 0.410 e. The predicted octanol–water partition coefficient (Wildman–Crippen LogP) is 5.27. The van der Waals surface area contributed by atoms with E-state index in [1.54, 1.807) is 18.2 Å². The zero-order valence-electron chi connectivity index (χ0n) is 16.6. The molecule has 31 heavy (non-hydrogen) atoms. The average Bonchev–Trinajstić information content (AvgIpc) is 3.10. The van der Waals surface area contributed by atoms with Crippen LogP contribution in [0, 0.1) is 0 Å². The molecule has 5 rings (SSSR count). The fourth-order valence-corrected chi connectivity index (χ4v) is 4.87. The Labute approximate surface area is 184 Å². The van der Waals surface area contributed by atoms with Crippen LogP contribution in [0.15, 0.2) is 66.7 Å². The first-order valence-corrected chi connectivity index (χ1v) is 10.5. The van der Waals surface area contributed by atoms with Crippen LogP contribution in [0.25, 0.3) is 11.1 Å². The van der Waals surface area contributed by atoms with E-state index in [0.29, 0.717) is 10.6 Å². The van der Waals surface area contributed by atoms with Gasteiger partial charge < -0.3 is 14.7 Å². The number of carbonyl (C=O) groups is 2. The van der Waals surface area contributed by atoms with Crippen molar-refractivity contribution in [2.45, 2.75) is 18.4 Å². The van der Waals surface area contributed by atoms with Gasteiger partial charge in [0.05, 0.1) is 5.92 Å². The molecular formula is C25H20ClNO4. The Morgan fingerprint density at radius 1 is 0.968 bits per heavy atom. The lowest BCUT2D eigenvalue weighted by Gasteiger charge is -2.32. The van der Waals surface area contributed by atoms with Crippen LogP contribution in [0.3, 0.4) is 0 Å². The van der Waals surface area contributed by atoms with E-state index in [2.05, 4.69) is 24.3 Å². The van der Waals surface area contributed by atoms with Gasteiger partial charge >= 0.3 is 12.1 Å². The highest BCUT2D eigenvalue weighted by Gasteiger charge is 2.35. The van der Waals surface area contributed by atoms with Crippen LogP contribution in [0.5, 0.6) is 0 Å². The summed E-state index contributed by atoms with van der Waals surface area (Å²) in [4.78, 5) is 26.2. The highest BCUT2D eigenvalue weighted by atomic mass is 35.5. The highest BCUT2D eigenvalue weighted by molar-refractivity contribution is 6.30. The first-order valence-electron chi connectivity index (χ1n) is 10.1. The molecule has 0 bridgehead atoms. The second-order valence-corrected chi connectivity index (χ2v) is 8.35. The number of hydrogen-bond acceptors (Lipinski definition) is 3. The third-order valence-corrected chi connectivity index (χ3v) is 6.37. The number of amides is 1. The fraction of sp³-hybridized carbons (Fsp3) is 0.200. The van der Waals surface area contributed by atoms with Crippen LogP contribution >= 0.6 is 11.6 Å². The predicted molar refractivity (Wildman–Crippen MR) is 117 cm³/mol. The maximum absolute atomic E-state index is 12.9. The van der Waals surface area contributed by atoms with E-state index >= 15 is 0 Å². The number of rotatable bonds is 3. The summed E-state index contributed by atoms with van der Waals surface area (Å²) >= 11 is 6.09. The molecule has 1 amide bonds. The lowest BCUT2D eigenvalue weighted by molar-refractivity contribution is -0.139. The number of benzene rings is 3. The van der Waals surface area contributed by atoms with Crippen molar-refractivity contribution in [3.8, 4) is 11.1 Å². The van der Waals surface area contributed by atoms with E-state index in [1.807, 2.05) is 24.3 Å². The third kappa shape index (κ3) is 3.45. The van der Waals surface area contributed by atoms with Crippen LogP contribution in [0.1, 0.15) is 34.1 Å². The molecule has 156 valence electrons.